The highest BCUT2D eigenvalue weighted by atomic mass is 32.2. The van der Waals surface area contributed by atoms with Crippen LogP contribution in [0.15, 0.2) is 35.2 Å². The van der Waals surface area contributed by atoms with Gasteiger partial charge in [0, 0.05) is 35.6 Å². The van der Waals surface area contributed by atoms with Crippen LogP contribution in [0.5, 0.6) is 0 Å². The number of hydrogen-bond donors (Lipinski definition) is 0. The van der Waals surface area contributed by atoms with Crippen molar-refractivity contribution in [2.24, 2.45) is 5.92 Å². The van der Waals surface area contributed by atoms with E-state index < -0.39 is 0 Å². The van der Waals surface area contributed by atoms with Crippen LogP contribution in [-0.4, -0.2) is 35.6 Å². The molecule has 1 saturated heterocycles. The molecule has 3 rings (SSSR count). The molecule has 0 aromatic heterocycles. The second kappa shape index (κ2) is 7.46. The minimum atomic E-state index is 0.336. The summed E-state index contributed by atoms with van der Waals surface area (Å²) in [6, 6.07) is 11.2. The van der Waals surface area contributed by atoms with Crippen LogP contribution in [-0.2, 0) is 4.79 Å². The van der Waals surface area contributed by atoms with Gasteiger partial charge in [0.15, 0.2) is 0 Å². The average molecular weight is 303 g/mol. The second-order valence-electron chi connectivity index (χ2n) is 6.23. The fourth-order valence-electron chi connectivity index (χ4n) is 3.80. The van der Waals surface area contributed by atoms with E-state index in [1.165, 1.54) is 30.7 Å². The zero-order valence-corrected chi connectivity index (χ0v) is 13.5. The molecule has 0 amide bonds. The predicted molar refractivity (Wildman–Crippen MR) is 88.7 cm³/mol. The highest BCUT2D eigenvalue weighted by Crippen LogP contribution is 2.32. The minimum absolute atomic E-state index is 0.336. The van der Waals surface area contributed by atoms with Crippen LogP contribution in [0.3, 0.4) is 0 Å². The Bertz CT molecular complexity index is 462. The summed E-state index contributed by atoms with van der Waals surface area (Å²) in [4.78, 5) is 16.1. The zero-order chi connectivity index (χ0) is 14.5. The van der Waals surface area contributed by atoms with Gasteiger partial charge in [-0.05, 0) is 44.4 Å². The number of rotatable bonds is 5. The van der Waals surface area contributed by atoms with E-state index in [9.17, 15) is 4.79 Å². The molecule has 2 nitrogen and oxygen atoms in total. The van der Waals surface area contributed by atoms with E-state index in [4.69, 9.17) is 0 Å². The maximum Gasteiger partial charge on any atom is 0.137 e. The Balaban J connectivity index is 1.51. The molecule has 2 atom stereocenters. The lowest BCUT2D eigenvalue weighted by atomic mass is 9.82. The second-order valence-corrected chi connectivity index (χ2v) is 7.39. The van der Waals surface area contributed by atoms with Crippen molar-refractivity contribution in [3.8, 4) is 0 Å². The molecule has 0 spiro atoms. The van der Waals surface area contributed by atoms with Crippen molar-refractivity contribution in [3.63, 3.8) is 0 Å². The molecule has 21 heavy (non-hydrogen) atoms. The fourth-order valence-corrected chi connectivity index (χ4v) is 4.71. The van der Waals surface area contributed by atoms with Gasteiger partial charge in [0.05, 0.1) is 0 Å². The van der Waals surface area contributed by atoms with Crippen LogP contribution in [0.2, 0.25) is 0 Å². The van der Waals surface area contributed by atoms with Gasteiger partial charge in [-0.15, -0.1) is 11.8 Å². The van der Waals surface area contributed by atoms with E-state index in [1.54, 1.807) is 0 Å². The van der Waals surface area contributed by atoms with E-state index in [2.05, 4.69) is 35.2 Å². The number of carbonyl (C=O) groups is 1. The topological polar surface area (TPSA) is 20.3 Å². The van der Waals surface area contributed by atoms with Gasteiger partial charge in [0.2, 0.25) is 0 Å². The first kappa shape index (κ1) is 15.1. The maximum atomic E-state index is 12.2. The average Bonchev–Trinajstić information content (AvgIpc) is 2.97. The van der Waals surface area contributed by atoms with Crippen molar-refractivity contribution >= 4 is 17.5 Å². The fraction of sp³-hybridized carbons (Fsp3) is 0.611. The first-order chi connectivity index (χ1) is 10.3. The minimum Gasteiger partial charge on any atom is -0.299 e. The summed E-state index contributed by atoms with van der Waals surface area (Å²) in [6.07, 6.45) is 6.82. The zero-order valence-electron chi connectivity index (χ0n) is 12.7. The molecule has 1 saturated carbocycles. The summed E-state index contributed by atoms with van der Waals surface area (Å²) >= 11 is 1.93. The van der Waals surface area contributed by atoms with E-state index in [0.29, 0.717) is 17.7 Å². The molecule has 2 unspecified atom stereocenters. The van der Waals surface area contributed by atoms with Gasteiger partial charge in [-0.1, -0.05) is 24.6 Å². The van der Waals surface area contributed by atoms with Gasteiger partial charge in [0.1, 0.15) is 5.78 Å². The Hall–Kier alpha value is -0.800. The van der Waals surface area contributed by atoms with Gasteiger partial charge in [0.25, 0.3) is 0 Å². The number of thioether (sulfide) groups is 1. The summed E-state index contributed by atoms with van der Waals surface area (Å²) in [7, 11) is 0. The van der Waals surface area contributed by atoms with Crippen molar-refractivity contribution in [3.05, 3.63) is 30.3 Å². The van der Waals surface area contributed by atoms with Crippen LogP contribution in [0, 0.1) is 5.92 Å². The quantitative estimate of drug-likeness (QED) is 0.767. The molecule has 3 heteroatoms. The van der Waals surface area contributed by atoms with E-state index in [0.717, 1.165) is 31.6 Å². The van der Waals surface area contributed by atoms with Crippen LogP contribution < -0.4 is 0 Å². The lowest BCUT2D eigenvalue weighted by Crippen LogP contribution is -2.41. The molecule has 2 fully saturated rings. The third kappa shape index (κ3) is 3.89. The Morgan fingerprint density at radius 2 is 1.95 bits per heavy atom. The molecule has 1 aromatic carbocycles. The molecule has 0 bridgehead atoms. The first-order valence-electron chi connectivity index (χ1n) is 8.29. The van der Waals surface area contributed by atoms with Gasteiger partial charge < -0.3 is 0 Å². The Morgan fingerprint density at radius 1 is 1.10 bits per heavy atom. The van der Waals surface area contributed by atoms with Crippen molar-refractivity contribution < 1.29 is 4.79 Å². The maximum absolute atomic E-state index is 12.2. The molecule has 1 aromatic rings. The number of likely N-dealkylation sites (tertiary alicyclic amines) is 1. The number of carbonyl (C=O) groups excluding carboxylic acids is 1. The highest BCUT2D eigenvalue weighted by molar-refractivity contribution is 7.99. The Morgan fingerprint density at radius 3 is 2.76 bits per heavy atom. The van der Waals surface area contributed by atoms with Gasteiger partial charge in [-0.3, -0.25) is 9.69 Å². The molecular weight excluding hydrogens is 278 g/mol. The standard InChI is InChI=1S/C18H25NOS/c20-18-11-5-4-9-16(18)17-10-6-12-19(17)13-14-21-15-7-2-1-3-8-15/h1-3,7-8,16-17H,4-6,9-14H2. The molecule has 0 N–H and O–H groups in total. The summed E-state index contributed by atoms with van der Waals surface area (Å²) in [6.45, 7) is 2.30. The monoisotopic (exact) mass is 303 g/mol. The van der Waals surface area contributed by atoms with Crippen LogP contribution in [0.25, 0.3) is 0 Å². The van der Waals surface area contributed by atoms with Gasteiger partial charge in [-0.25, -0.2) is 0 Å². The Labute approximate surface area is 132 Å². The highest BCUT2D eigenvalue weighted by Gasteiger charge is 2.36. The van der Waals surface area contributed by atoms with Gasteiger partial charge in [-0.2, -0.15) is 0 Å². The molecule has 1 aliphatic carbocycles. The van der Waals surface area contributed by atoms with E-state index >= 15 is 0 Å². The van der Waals surface area contributed by atoms with E-state index in [1.807, 2.05) is 11.8 Å². The van der Waals surface area contributed by atoms with Crippen molar-refractivity contribution in [1.29, 1.82) is 0 Å². The van der Waals surface area contributed by atoms with Gasteiger partial charge >= 0.3 is 0 Å². The molecule has 2 aliphatic rings. The predicted octanol–water partition coefficient (Wildman–Crippen LogP) is 4.00. The third-order valence-electron chi connectivity index (χ3n) is 4.87. The van der Waals surface area contributed by atoms with Crippen LogP contribution in [0.1, 0.15) is 38.5 Å². The Kier molecular flexibility index (Phi) is 5.37. The summed E-state index contributed by atoms with van der Waals surface area (Å²) in [5.41, 5.74) is 0. The lowest BCUT2D eigenvalue weighted by Gasteiger charge is -2.33. The summed E-state index contributed by atoms with van der Waals surface area (Å²) in [5.74, 6) is 2.00. The summed E-state index contributed by atoms with van der Waals surface area (Å²) < 4.78 is 0. The first-order valence-corrected chi connectivity index (χ1v) is 9.28. The SMILES string of the molecule is O=C1CCCCC1C1CCCN1CCSc1ccccc1. The van der Waals surface area contributed by atoms with Crippen molar-refractivity contribution in [1.82, 2.24) is 4.90 Å². The van der Waals surface area contributed by atoms with Crippen molar-refractivity contribution in [2.75, 3.05) is 18.8 Å². The van der Waals surface area contributed by atoms with Crippen molar-refractivity contribution in [2.45, 2.75) is 49.5 Å². The normalized spacial score (nSPS) is 27.1. The third-order valence-corrected chi connectivity index (χ3v) is 5.86. The summed E-state index contributed by atoms with van der Waals surface area (Å²) in [5, 5.41) is 0. The molecule has 114 valence electrons. The molecular formula is C18H25NOS. The number of ketones is 1. The van der Waals surface area contributed by atoms with Crippen LogP contribution >= 0.6 is 11.8 Å². The largest absolute Gasteiger partial charge is 0.299 e. The lowest BCUT2D eigenvalue weighted by molar-refractivity contribution is -0.126. The molecule has 1 aliphatic heterocycles. The number of nitrogens with zero attached hydrogens (tertiary/aromatic N) is 1. The smallest absolute Gasteiger partial charge is 0.137 e. The molecule has 1 heterocycles. The number of Topliss-reactive ketones (excluding diaryl/α,β-unsaturated/α-hetero) is 1. The number of benzene rings is 1. The number of hydrogen-bond acceptors (Lipinski definition) is 3. The van der Waals surface area contributed by atoms with E-state index in [-0.39, 0.29) is 0 Å². The molecule has 0 radical (unpaired) electrons. The van der Waals surface area contributed by atoms with Crippen LogP contribution in [0.4, 0.5) is 0 Å².